The molecule has 0 N–H and O–H groups in total. The van der Waals surface area contributed by atoms with Crippen molar-refractivity contribution in [3.05, 3.63) is 28.2 Å². The van der Waals surface area contributed by atoms with Gasteiger partial charge in [0.25, 0.3) is 0 Å². The molecule has 0 radical (unpaired) electrons. The summed E-state index contributed by atoms with van der Waals surface area (Å²) >= 11 is 3.48. The number of rotatable bonds is 2. The Bertz CT molecular complexity index is 476. The minimum absolute atomic E-state index is 0.707. The number of halogens is 1. The molecule has 19 heavy (non-hydrogen) atoms. The van der Waals surface area contributed by atoms with E-state index < -0.39 is 0 Å². The summed E-state index contributed by atoms with van der Waals surface area (Å²) in [6, 6.07) is 8.25. The normalized spacial score (nSPS) is 20.2. The topological polar surface area (TPSA) is 27.0 Å². The SMILES string of the molecule is CC(C)C1CCCN(c2ccc(C#N)c(Br)c2)CC1. The molecule has 0 spiro atoms. The zero-order chi connectivity index (χ0) is 13.8. The summed E-state index contributed by atoms with van der Waals surface area (Å²) in [7, 11) is 0. The highest BCUT2D eigenvalue weighted by atomic mass is 79.9. The van der Waals surface area contributed by atoms with Crippen molar-refractivity contribution in [3.63, 3.8) is 0 Å². The van der Waals surface area contributed by atoms with Crippen molar-refractivity contribution in [1.82, 2.24) is 0 Å². The molecule has 0 saturated carbocycles. The minimum Gasteiger partial charge on any atom is -0.371 e. The number of benzene rings is 1. The van der Waals surface area contributed by atoms with Gasteiger partial charge in [-0.15, -0.1) is 0 Å². The lowest BCUT2D eigenvalue weighted by Crippen LogP contribution is -2.24. The molecule has 0 bridgehead atoms. The first kappa shape index (κ1) is 14.4. The third-order valence-corrected chi connectivity index (χ3v) is 4.81. The Balaban J connectivity index is 2.10. The van der Waals surface area contributed by atoms with E-state index in [0.717, 1.165) is 29.4 Å². The van der Waals surface area contributed by atoms with Gasteiger partial charge in [-0.2, -0.15) is 5.26 Å². The number of anilines is 1. The van der Waals surface area contributed by atoms with Crippen LogP contribution < -0.4 is 4.90 Å². The van der Waals surface area contributed by atoms with Crippen LogP contribution in [-0.4, -0.2) is 13.1 Å². The summed E-state index contributed by atoms with van der Waals surface area (Å²) in [6.45, 7) is 6.92. The van der Waals surface area contributed by atoms with Crippen LogP contribution in [0.2, 0.25) is 0 Å². The number of nitriles is 1. The second-order valence-electron chi connectivity index (χ2n) is 5.70. The summed E-state index contributed by atoms with van der Waals surface area (Å²) in [5.74, 6) is 1.64. The molecule has 1 atom stereocenters. The molecule has 1 heterocycles. The van der Waals surface area contributed by atoms with Crippen LogP contribution in [0.1, 0.15) is 38.7 Å². The maximum atomic E-state index is 8.97. The van der Waals surface area contributed by atoms with Crippen molar-refractivity contribution >= 4 is 21.6 Å². The van der Waals surface area contributed by atoms with E-state index in [-0.39, 0.29) is 0 Å². The maximum absolute atomic E-state index is 8.97. The largest absolute Gasteiger partial charge is 0.371 e. The predicted octanol–water partition coefficient (Wildman–Crippen LogP) is 4.58. The van der Waals surface area contributed by atoms with Crippen LogP contribution in [0.3, 0.4) is 0 Å². The van der Waals surface area contributed by atoms with Crippen LogP contribution in [0.5, 0.6) is 0 Å². The highest BCUT2D eigenvalue weighted by molar-refractivity contribution is 9.10. The van der Waals surface area contributed by atoms with Crippen molar-refractivity contribution in [1.29, 1.82) is 5.26 Å². The Morgan fingerprint density at radius 1 is 1.32 bits per heavy atom. The van der Waals surface area contributed by atoms with Crippen LogP contribution in [0.25, 0.3) is 0 Å². The summed E-state index contributed by atoms with van der Waals surface area (Å²) in [5, 5.41) is 8.97. The molecule has 1 fully saturated rings. The lowest BCUT2D eigenvalue weighted by atomic mass is 9.89. The second kappa shape index (κ2) is 6.43. The number of hydrogen-bond donors (Lipinski definition) is 0. The molecule has 1 unspecified atom stereocenters. The van der Waals surface area contributed by atoms with Gasteiger partial charge in [0.05, 0.1) is 5.56 Å². The van der Waals surface area contributed by atoms with Gasteiger partial charge in [0.2, 0.25) is 0 Å². The van der Waals surface area contributed by atoms with Crippen molar-refractivity contribution in [2.75, 3.05) is 18.0 Å². The van der Waals surface area contributed by atoms with E-state index in [1.54, 1.807) is 0 Å². The molecule has 0 aromatic heterocycles. The Hall–Kier alpha value is -1.01. The Labute approximate surface area is 124 Å². The summed E-state index contributed by atoms with van der Waals surface area (Å²) in [6.07, 6.45) is 3.88. The molecule has 2 rings (SSSR count). The highest BCUT2D eigenvalue weighted by Gasteiger charge is 2.19. The van der Waals surface area contributed by atoms with Crippen LogP contribution in [0, 0.1) is 23.2 Å². The zero-order valence-electron chi connectivity index (χ0n) is 11.7. The van der Waals surface area contributed by atoms with Gasteiger partial charge in [-0.25, -0.2) is 0 Å². The van der Waals surface area contributed by atoms with E-state index in [2.05, 4.69) is 52.9 Å². The monoisotopic (exact) mass is 320 g/mol. The number of nitrogens with zero attached hydrogens (tertiary/aromatic N) is 2. The van der Waals surface area contributed by atoms with Gasteiger partial charge < -0.3 is 4.90 Å². The van der Waals surface area contributed by atoms with Gasteiger partial charge in [-0.1, -0.05) is 13.8 Å². The summed E-state index contributed by atoms with van der Waals surface area (Å²) in [5.41, 5.74) is 1.94. The van der Waals surface area contributed by atoms with E-state index in [9.17, 15) is 0 Å². The van der Waals surface area contributed by atoms with Gasteiger partial charge in [0, 0.05) is 23.2 Å². The average molecular weight is 321 g/mol. The number of hydrogen-bond acceptors (Lipinski definition) is 2. The lowest BCUT2D eigenvalue weighted by Gasteiger charge is -2.24. The molecular formula is C16H21BrN2. The van der Waals surface area contributed by atoms with Gasteiger partial charge in [-0.3, -0.25) is 0 Å². The van der Waals surface area contributed by atoms with Gasteiger partial charge in [-0.05, 0) is 65.2 Å². The lowest BCUT2D eigenvalue weighted by molar-refractivity contribution is 0.351. The standard InChI is InChI=1S/C16H21BrN2/c1-12(2)13-4-3-8-19(9-7-13)15-6-5-14(11-18)16(17)10-15/h5-6,10,12-13H,3-4,7-9H2,1-2H3. The summed E-state index contributed by atoms with van der Waals surface area (Å²) < 4.78 is 0.900. The molecule has 1 saturated heterocycles. The highest BCUT2D eigenvalue weighted by Crippen LogP contribution is 2.29. The molecule has 1 aromatic carbocycles. The van der Waals surface area contributed by atoms with Crippen LogP contribution in [0.4, 0.5) is 5.69 Å². The Morgan fingerprint density at radius 2 is 2.11 bits per heavy atom. The van der Waals surface area contributed by atoms with Crippen molar-refractivity contribution in [3.8, 4) is 6.07 Å². The van der Waals surface area contributed by atoms with E-state index in [1.807, 2.05) is 6.07 Å². The maximum Gasteiger partial charge on any atom is 0.100 e. The average Bonchev–Trinajstić information content (AvgIpc) is 2.64. The predicted molar refractivity (Wildman–Crippen MR) is 83.2 cm³/mol. The van der Waals surface area contributed by atoms with Crippen molar-refractivity contribution in [2.45, 2.75) is 33.1 Å². The van der Waals surface area contributed by atoms with Gasteiger partial charge in [0.1, 0.15) is 6.07 Å². The summed E-state index contributed by atoms with van der Waals surface area (Å²) in [4.78, 5) is 2.45. The van der Waals surface area contributed by atoms with Crippen LogP contribution in [-0.2, 0) is 0 Å². The molecule has 2 nitrogen and oxygen atoms in total. The van der Waals surface area contributed by atoms with Crippen LogP contribution >= 0.6 is 15.9 Å². The van der Waals surface area contributed by atoms with Crippen molar-refractivity contribution < 1.29 is 0 Å². The molecule has 3 heteroatoms. The van der Waals surface area contributed by atoms with E-state index in [1.165, 1.54) is 24.9 Å². The molecule has 1 aromatic rings. The molecule has 0 aliphatic carbocycles. The van der Waals surface area contributed by atoms with Gasteiger partial charge in [0.15, 0.2) is 0 Å². The van der Waals surface area contributed by atoms with Gasteiger partial charge >= 0.3 is 0 Å². The van der Waals surface area contributed by atoms with E-state index >= 15 is 0 Å². The first-order valence-corrected chi connectivity index (χ1v) is 7.85. The molecule has 1 aliphatic heterocycles. The van der Waals surface area contributed by atoms with E-state index in [4.69, 9.17) is 5.26 Å². The van der Waals surface area contributed by atoms with E-state index in [0.29, 0.717) is 5.56 Å². The first-order valence-electron chi connectivity index (χ1n) is 7.06. The minimum atomic E-state index is 0.707. The second-order valence-corrected chi connectivity index (χ2v) is 6.55. The zero-order valence-corrected chi connectivity index (χ0v) is 13.3. The Kier molecular flexibility index (Phi) is 4.87. The molecule has 102 valence electrons. The first-order chi connectivity index (χ1) is 9.11. The third-order valence-electron chi connectivity index (χ3n) is 4.15. The molecule has 1 aliphatic rings. The third kappa shape index (κ3) is 3.51. The fourth-order valence-electron chi connectivity index (χ4n) is 2.84. The fraction of sp³-hybridized carbons (Fsp3) is 0.562. The fourth-order valence-corrected chi connectivity index (χ4v) is 3.29. The Morgan fingerprint density at radius 3 is 2.74 bits per heavy atom. The van der Waals surface area contributed by atoms with Crippen molar-refractivity contribution in [2.24, 2.45) is 11.8 Å². The smallest absolute Gasteiger partial charge is 0.100 e. The quantitative estimate of drug-likeness (QED) is 0.797. The molecular weight excluding hydrogens is 300 g/mol. The molecule has 0 amide bonds. The van der Waals surface area contributed by atoms with Crippen LogP contribution in [0.15, 0.2) is 22.7 Å².